The van der Waals surface area contributed by atoms with Crippen molar-refractivity contribution in [3.63, 3.8) is 0 Å². The lowest BCUT2D eigenvalue weighted by Crippen LogP contribution is -1.94. The van der Waals surface area contributed by atoms with E-state index in [-0.39, 0.29) is 5.69 Å². The Kier molecular flexibility index (Phi) is 4.39. The van der Waals surface area contributed by atoms with E-state index in [1.807, 2.05) is 31.2 Å². The molecular weight excluding hydrogens is 256 g/mol. The van der Waals surface area contributed by atoms with Crippen LogP contribution >= 0.6 is 0 Å². The monoisotopic (exact) mass is 270 g/mol. The number of nitrogens with one attached hydrogen (secondary N) is 1. The van der Waals surface area contributed by atoms with Gasteiger partial charge in [0.1, 0.15) is 0 Å². The molecule has 0 spiro atoms. The number of benzene rings is 2. The van der Waals surface area contributed by atoms with Crippen molar-refractivity contribution >= 4 is 22.7 Å². The summed E-state index contributed by atoms with van der Waals surface area (Å²) in [6.45, 7) is 2.89. The molecule has 6 heteroatoms. The minimum Gasteiger partial charge on any atom is -0.385 e. The van der Waals surface area contributed by atoms with Crippen LogP contribution in [0.5, 0.6) is 0 Å². The molecule has 0 amide bonds. The van der Waals surface area contributed by atoms with E-state index in [1.165, 1.54) is 12.1 Å². The fraction of sp³-hybridized carbons (Fsp3) is 0.143. The summed E-state index contributed by atoms with van der Waals surface area (Å²) in [5.41, 5.74) is 2.37. The van der Waals surface area contributed by atoms with Crippen LogP contribution in [0.25, 0.3) is 0 Å². The molecule has 1 N–H and O–H groups in total. The Balaban J connectivity index is 2.06. The lowest BCUT2D eigenvalue weighted by atomic mass is 10.3. The van der Waals surface area contributed by atoms with Gasteiger partial charge in [0.25, 0.3) is 5.69 Å². The third-order valence-corrected chi connectivity index (χ3v) is 2.59. The number of nitrogens with zero attached hydrogens (tertiary/aromatic N) is 3. The van der Waals surface area contributed by atoms with Crippen LogP contribution in [-0.4, -0.2) is 11.5 Å². The summed E-state index contributed by atoms with van der Waals surface area (Å²) in [5.74, 6) is 0. The van der Waals surface area contributed by atoms with Crippen LogP contribution in [0.2, 0.25) is 0 Å². The number of hydrogen-bond donors (Lipinski definition) is 1. The van der Waals surface area contributed by atoms with Crippen LogP contribution in [0.4, 0.5) is 22.7 Å². The maximum absolute atomic E-state index is 10.5. The van der Waals surface area contributed by atoms with Crippen molar-refractivity contribution in [2.24, 2.45) is 10.2 Å². The van der Waals surface area contributed by atoms with Gasteiger partial charge in [-0.3, -0.25) is 10.1 Å². The van der Waals surface area contributed by atoms with Crippen molar-refractivity contribution in [2.75, 3.05) is 11.9 Å². The lowest BCUT2D eigenvalue weighted by molar-refractivity contribution is -0.384. The van der Waals surface area contributed by atoms with Crippen molar-refractivity contribution in [3.05, 3.63) is 58.6 Å². The van der Waals surface area contributed by atoms with Gasteiger partial charge < -0.3 is 5.32 Å². The fourth-order valence-electron chi connectivity index (χ4n) is 1.61. The Morgan fingerprint density at radius 3 is 1.95 bits per heavy atom. The Morgan fingerprint density at radius 1 is 1.00 bits per heavy atom. The maximum Gasteiger partial charge on any atom is 0.269 e. The minimum absolute atomic E-state index is 0.0407. The first-order valence-electron chi connectivity index (χ1n) is 6.19. The molecule has 0 aliphatic heterocycles. The van der Waals surface area contributed by atoms with Crippen LogP contribution < -0.4 is 5.32 Å². The second-order valence-electron chi connectivity index (χ2n) is 4.05. The molecule has 0 aromatic heterocycles. The maximum atomic E-state index is 10.5. The van der Waals surface area contributed by atoms with Gasteiger partial charge in [0.2, 0.25) is 0 Å². The number of hydrogen-bond acceptors (Lipinski definition) is 5. The van der Waals surface area contributed by atoms with E-state index in [4.69, 9.17) is 0 Å². The summed E-state index contributed by atoms with van der Waals surface area (Å²) in [5, 5.41) is 21.8. The third-order valence-electron chi connectivity index (χ3n) is 2.59. The van der Waals surface area contributed by atoms with Crippen LogP contribution in [0.15, 0.2) is 58.8 Å². The highest BCUT2D eigenvalue weighted by atomic mass is 16.6. The molecule has 102 valence electrons. The minimum atomic E-state index is -0.444. The molecular formula is C14H14N4O2. The zero-order chi connectivity index (χ0) is 14.4. The predicted octanol–water partition coefficient (Wildman–Crippen LogP) is 4.44. The molecule has 0 saturated heterocycles. The van der Waals surface area contributed by atoms with E-state index in [2.05, 4.69) is 15.5 Å². The first-order valence-corrected chi connectivity index (χ1v) is 6.19. The van der Waals surface area contributed by atoms with Crippen LogP contribution in [0.1, 0.15) is 6.92 Å². The molecule has 20 heavy (non-hydrogen) atoms. The zero-order valence-electron chi connectivity index (χ0n) is 11.0. The normalized spacial score (nSPS) is 10.7. The van der Waals surface area contributed by atoms with Gasteiger partial charge in [-0.05, 0) is 43.3 Å². The first kappa shape index (κ1) is 13.7. The van der Waals surface area contributed by atoms with E-state index >= 15 is 0 Å². The summed E-state index contributed by atoms with van der Waals surface area (Å²) in [6, 6.07) is 13.5. The molecule has 0 atom stereocenters. The average Bonchev–Trinajstić information content (AvgIpc) is 2.47. The Labute approximate surface area is 116 Å². The highest BCUT2D eigenvalue weighted by Gasteiger charge is 2.02. The van der Waals surface area contributed by atoms with Gasteiger partial charge in [-0.25, -0.2) is 0 Å². The van der Waals surface area contributed by atoms with E-state index in [0.29, 0.717) is 5.69 Å². The van der Waals surface area contributed by atoms with Crippen LogP contribution in [-0.2, 0) is 0 Å². The first-order chi connectivity index (χ1) is 9.69. The second kappa shape index (κ2) is 6.42. The molecule has 0 fully saturated rings. The largest absolute Gasteiger partial charge is 0.385 e. The number of anilines is 1. The predicted molar refractivity (Wildman–Crippen MR) is 77.9 cm³/mol. The summed E-state index contributed by atoms with van der Waals surface area (Å²) in [4.78, 5) is 10.1. The fourth-order valence-corrected chi connectivity index (χ4v) is 1.61. The van der Waals surface area contributed by atoms with Gasteiger partial charge in [0.15, 0.2) is 0 Å². The average molecular weight is 270 g/mol. The van der Waals surface area contributed by atoms with Gasteiger partial charge in [0.05, 0.1) is 16.3 Å². The Hall–Kier alpha value is -2.76. The van der Waals surface area contributed by atoms with E-state index in [1.54, 1.807) is 12.1 Å². The second-order valence-corrected chi connectivity index (χ2v) is 4.05. The molecule has 2 rings (SSSR count). The summed E-state index contributed by atoms with van der Waals surface area (Å²) in [6.07, 6.45) is 0. The molecule has 6 nitrogen and oxygen atoms in total. The number of azo groups is 1. The standard InChI is InChI=1S/C14H14N4O2/c1-2-15-11-3-5-12(6-4-11)16-17-13-7-9-14(10-8-13)18(19)20/h3-10,15H,2H2,1H3. The highest BCUT2D eigenvalue weighted by Crippen LogP contribution is 2.22. The van der Waals surface area contributed by atoms with Crippen molar-refractivity contribution in [1.82, 2.24) is 0 Å². The lowest BCUT2D eigenvalue weighted by Gasteiger charge is -2.01. The number of rotatable bonds is 5. The quantitative estimate of drug-likeness (QED) is 0.495. The van der Waals surface area contributed by atoms with E-state index < -0.39 is 4.92 Å². The molecule has 0 bridgehead atoms. The Bertz CT molecular complexity index is 606. The summed E-state index contributed by atoms with van der Waals surface area (Å²) >= 11 is 0. The molecule has 2 aromatic carbocycles. The molecule has 0 aliphatic carbocycles. The smallest absolute Gasteiger partial charge is 0.269 e. The van der Waals surface area contributed by atoms with Crippen LogP contribution in [0, 0.1) is 10.1 Å². The zero-order valence-corrected chi connectivity index (χ0v) is 11.0. The van der Waals surface area contributed by atoms with Gasteiger partial charge in [-0.15, -0.1) is 0 Å². The van der Waals surface area contributed by atoms with Gasteiger partial charge in [-0.1, -0.05) is 0 Å². The number of nitro groups is 1. The third kappa shape index (κ3) is 3.61. The van der Waals surface area contributed by atoms with E-state index in [0.717, 1.165) is 17.9 Å². The van der Waals surface area contributed by atoms with Gasteiger partial charge in [-0.2, -0.15) is 10.2 Å². The number of nitro benzene ring substituents is 1. The molecule has 0 heterocycles. The highest BCUT2D eigenvalue weighted by molar-refractivity contribution is 5.51. The molecule has 0 unspecified atom stereocenters. The molecule has 0 aliphatic rings. The van der Waals surface area contributed by atoms with Gasteiger partial charge in [0, 0.05) is 24.4 Å². The molecule has 0 radical (unpaired) electrons. The van der Waals surface area contributed by atoms with Crippen molar-refractivity contribution in [1.29, 1.82) is 0 Å². The SMILES string of the molecule is CCNc1ccc(N=Nc2ccc([N+](=O)[O-])cc2)cc1. The van der Waals surface area contributed by atoms with Crippen molar-refractivity contribution in [3.8, 4) is 0 Å². The van der Waals surface area contributed by atoms with Crippen molar-refractivity contribution < 1.29 is 4.92 Å². The summed E-state index contributed by atoms with van der Waals surface area (Å²) < 4.78 is 0. The summed E-state index contributed by atoms with van der Waals surface area (Å²) in [7, 11) is 0. The van der Waals surface area contributed by atoms with Gasteiger partial charge >= 0.3 is 0 Å². The molecule has 2 aromatic rings. The Morgan fingerprint density at radius 2 is 1.50 bits per heavy atom. The van der Waals surface area contributed by atoms with Crippen LogP contribution in [0.3, 0.4) is 0 Å². The van der Waals surface area contributed by atoms with Crippen molar-refractivity contribution in [2.45, 2.75) is 6.92 Å². The molecule has 0 saturated carbocycles. The number of non-ortho nitro benzene ring substituents is 1. The van der Waals surface area contributed by atoms with E-state index in [9.17, 15) is 10.1 Å². The topological polar surface area (TPSA) is 79.9 Å².